The van der Waals surface area contributed by atoms with Crippen LogP contribution in [0.2, 0.25) is 5.02 Å². The fourth-order valence-corrected chi connectivity index (χ4v) is 3.09. The largest absolute Gasteiger partial charge is 0.321 e. The van der Waals surface area contributed by atoms with Crippen molar-refractivity contribution in [2.45, 2.75) is 0 Å². The lowest BCUT2D eigenvalue weighted by Crippen LogP contribution is -2.35. The highest BCUT2D eigenvalue weighted by atomic mass is 35.5. The van der Waals surface area contributed by atoms with E-state index in [4.69, 9.17) is 11.6 Å². The summed E-state index contributed by atoms with van der Waals surface area (Å²) in [4.78, 5) is 45.1. The number of hydrogen-bond donors (Lipinski definition) is 2. The number of nitrogens with zero attached hydrogens (tertiary/aromatic N) is 3. The van der Waals surface area contributed by atoms with Gasteiger partial charge in [-0.15, -0.1) is 0 Å². The molecule has 0 radical (unpaired) electrons. The predicted octanol–water partition coefficient (Wildman–Crippen LogP) is 3.76. The predicted molar refractivity (Wildman–Crippen MR) is 130 cm³/mol. The van der Waals surface area contributed by atoms with Crippen molar-refractivity contribution >= 4 is 46.5 Å². The highest BCUT2D eigenvalue weighted by molar-refractivity contribution is 6.30. The number of nitrogens with one attached hydrogen (secondary N) is 2. The average Bonchev–Trinajstić information content (AvgIpc) is 2.80. The van der Waals surface area contributed by atoms with Crippen LogP contribution in [0.1, 0.15) is 20.7 Å². The fraction of sp³-hybridized carbons (Fsp3) is 0.167. The van der Waals surface area contributed by atoms with Crippen molar-refractivity contribution in [3.63, 3.8) is 0 Å². The van der Waals surface area contributed by atoms with Crippen LogP contribution in [0.4, 0.5) is 17.2 Å². The van der Waals surface area contributed by atoms with Gasteiger partial charge in [-0.05, 0) is 62.6 Å². The van der Waals surface area contributed by atoms with E-state index in [0.717, 1.165) is 0 Å². The summed E-state index contributed by atoms with van der Waals surface area (Å²) in [5, 5.41) is 5.91. The van der Waals surface area contributed by atoms with E-state index < -0.39 is 5.91 Å². The Morgan fingerprint density at radius 2 is 1.58 bits per heavy atom. The molecule has 2 aromatic carbocycles. The number of aromatic nitrogens is 1. The highest BCUT2D eigenvalue weighted by Crippen LogP contribution is 2.20. The van der Waals surface area contributed by atoms with Crippen LogP contribution in [-0.2, 0) is 4.79 Å². The molecule has 0 aliphatic rings. The first-order valence-corrected chi connectivity index (χ1v) is 10.5. The second kappa shape index (κ2) is 10.7. The maximum absolute atomic E-state index is 12.8. The zero-order valence-corrected chi connectivity index (χ0v) is 19.3. The molecule has 0 fully saturated rings. The smallest absolute Gasteiger partial charge is 0.258 e. The molecule has 8 nitrogen and oxygen atoms in total. The highest BCUT2D eigenvalue weighted by Gasteiger charge is 2.16. The van der Waals surface area contributed by atoms with E-state index in [0.29, 0.717) is 27.8 Å². The number of carbonyl (C=O) groups excluding carboxylic acids is 3. The van der Waals surface area contributed by atoms with Crippen LogP contribution < -0.4 is 15.5 Å². The van der Waals surface area contributed by atoms with Gasteiger partial charge in [0, 0.05) is 24.5 Å². The minimum Gasteiger partial charge on any atom is -0.321 e. The summed E-state index contributed by atoms with van der Waals surface area (Å²) in [5.41, 5.74) is 1.71. The summed E-state index contributed by atoms with van der Waals surface area (Å²) in [6.07, 6.45) is 1.43. The number of para-hydroxylation sites is 1. The maximum Gasteiger partial charge on any atom is 0.258 e. The molecular formula is C24H24ClN5O3. The van der Waals surface area contributed by atoms with Crippen LogP contribution in [0.25, 0.3) is 0 Å². The van der Waals surface area contributed by atoms with Crippen LogP contribution in [0.3, 0.4) is 0 Å². The number of hydrogen-bond acceptors (Lipinski definition) is 5. The Hall–Kier alpha value is -3.75. The third kappa shape index (κ3) is 6.38. The number of carbonyl (C=O) groups is 3. The van der Waals surface area contributed by atoms with E-state index in [1.807, 2.05) is 14.1 Å². The van der Waals surface area contributed by atoms with Gasteiger partial charge in [0.25, 0.3) is 11.8 Å². The number of halogens is 1. The van der Waals surface area contributed by atoms with E-state index in [-0.39, 0.29) is 23.9 Å². The van der Waals surface area contributed by atoms with Crippen molar-refractivity contribution in [2.75, 3.05) is 43.2 Å². The van der Waals surface area contributed by atoms with Crippen molar-refractivity contribution < 1.29 is 14.4 Å². The Kier molecular flexibility index (Phi) is 7.76. The Morgan fingerprint density at radius 3 is 2.21 bits per heavy atom. The molecule has 0 aliphatic heterocycles. The average molecular weight is 466 g/mol. The van der Waals surface area contributed by atoms with Gasteiger partial charge in [-0.25, -0.2) is 4.98 Å². The van der Waals surface area contributed by atoms with Gasteiger partial charge < -0.3 is 20.4 Å². The number of pyridine rings is 1. The molecule has 0 bridgehead atoms. The lowest BCUT2D eigenvalue weighted by Gasteiger charge is -2.20. The summed E-state index contributed by atoms with van der Waals surface area (Å²) in [7, 11) is 5.33. The summed E-state index contributed by atoms with van der Waals surface area (Å²) < 4.78 is 0. The minimum absolute atomic E-state index is 0.0627. The summed E-state index contributed by atoms with van der Waals surface area (Å²) in [6, 6.07) is 16.5. The van der Waals surface area contributed by atoms with E-state index in [1.165, 1.54) is 11.1 Å². The van der Waals surface area contributed by atoms with E-state index in [2.05, 4.69) is 15.6 Å². The Balaban J connectivity index is 1.71. The first-order valence-electron chi connectivity index (χ1n) is 10.1. The van der Waals surface area contributed by atoms with Crippen molar-refractivity contribution in [3.05, 3.63) is 83.0 Å². The van der Waals surface area contributed by atoms with Crippen molar-refractivity contribution in [1.29, 1.82) is 0 Å². The molecular weight excluding hydrogens is 442 g/mol. The van der Waals surface area contributed by atoms with Crippen LogP contribution in [0.15, 0.2) is 66.9 Å². The third-order valence-corrected chi connectivity index (χ3v) is 4.95. The van der Waals surface area contributed by atoms with Crippen LogP contribution in [0.5, 0.6) is 0 Å². The molecule has 2 N–H and O–H groups in total. The first kappa shape index (κ1) is 23.9. The Morgan fingerprint density at radius 1 is 0.879 bits per heavy atom. The number of rotatable bonds is 7. The summed E-state index contributed by atoms with van der Waals surface area (Å²) >= 11 is 5.82. The lowest BCUT2D eigenvalue weighted by atomic mass is 10.1. The van der Waals surface area contributed by atoms with Crippen LogP contribution in [-0.4, -0.2) is 55.3 Å². The van der Waals surface area contributed by atoms with Crippen molar-refractivity contribution in [2.24, 2.45) is 0 Å². The molecule has 33 heavy (non-hydrogen) atoms. The normalized spacial score (nSPS) is 10.6. The van der Waals surface area contributed by atoms with Gasteiger partial charge in [0.2, 0.25) is 5.91 Å². The molecule has 0 atom stereocenters. The topological polar surface area (TPSA) is 94.6 Å². The van der Waals surface area contributed by atoms with Crippen molar-refractivity contribution in [3.8, 4) is 0 Å². The maximum atomic E-state index is 12.8. The zero-order valence-electron chi connectivity index (χ0n) is 18.5. The molecule has 1 aromatic heterocycles. The number of likely N-dealkylation sites (N-methyl/N-ethyl adjacent to an activating group) is 2. The molecule has 0 saturated heterocycles. The fourth-order valence-electron chi connectivity index (χ4n) is 2.98. The number of amides is 3. The van der Waals surface area contributed by atoms with Gasteiger partial charge in [0.15, 0.2) is 0 Å². The molecule has 9 heteroatoms. The Bertz CT molecular complexity index is 1150. The van der Waals surface area contributed by atoms with E-state index in [9.17, 15) is 14.4 Å². The van der Waals surface area contributed by atoms with Gasteiger partial charge in [-0.1, -0.05) is 23.7 Å². The molecule has 3 aromatic rings. The minimum atomic E-state index is -0.419. The molecule has 3 rings (SSSR count). The quantitative estimate of drug-likeness (QED) is 0.554. The molecule has 0 unspecified atom stereocenters. The molecule has 1 heterocycles. The van der Waals surface area contributed by atoms with E-state index >= 15 is 0 Å². The van der Waals surface area contributed by atoms with Gasteiger partial charge in [-0.2, -0.15) is 0 Å². The monoisotopic (exact) mass is 465 g/mol. The molecule has 0 saturated carbocycles. The van der Waals surface area contributed by atoms with Crippen molar-refractivity contribution in [1.82, 2.24) is 9.88 Å². The summed E-state index contributed by atoms with van der Waals surface area (Å²) in [5.74, 6) is -0.521. The standard InChI is InChI=1S/C24H24ClN5O3/c1-29(2)15-22(31)30(3)18-11-8-16(9-12-18)23(32)27-20-7-5-4-6-19(20)24(33)28-21-13-10-17(25)14-26-21/h4-14H,15H2,1-3H3,(H,27,32)(H,26,28,33). The molecule has 0 aliphatic carbocycles. The first-order chi connectivity index (χ1) is 15.7. The SMILES string of the molecule is CN(C)CC(=O)N(C)c1ccc(C(=O)Nc2ccccc2C(=O)Nc2ccc(Cl)cn2)cc1. The van der Waals surface area contributed by atoms with Crippen LogP contribution in [0, 0.1) is 0 Å². The second-order valence-electron chi connectivity index (χ2n) is 7.55. The molecule has 170 valence electrons. The van der Waals surface area contributed by atoms with Gasteiger partial charge in [-0.3, -0.25) is 14.4 Å². The van der Waals surface area contributed by atoms with Gasteiger partial charge in [0.1, 0.15) is 5.82 Å². The number of benzene rings is 2. The van der Waals surface area contributed by atoms with E-state index in [1.54, 1.807) is 72.6 Å². The second-order valence-corrected chi connectivity index (χ2v) is 7.99. The summed E-state index contributed by atoms with van der Waals surface area (Å²) in [6.45, 7) is 0.281. The zero-order chi connectivity index (χ0) is 24.0. The van der Waals surface area contributed by atoms with Crippen LogP contribution >= 0.6 is 11.6 Å². The lowest BCUT2D eigenvalue weighted by molar-refractivity contribution is -0.118. The third-order valence-electron chi connectivity index (χ3n) is 4.73. The van der Waals surface area contributed by atoms with Gasteiger partial charge >= 0.3 is 0 Å². The molecule has 3 amide bonds. The van der Waals surface area contributed by atoms with Gasteiger partial charge in [0.05, 0.1) is 22.8 Å². The molecule has 0 spiro atoms. The number of anilines is 3. The Labute approximate surface area is 197 Å².